The molecule has 0 unspecified atom stereocenters. The number of rotatable bonds is 4. The van der Waals surface area contributed by atoms with Crippen molar-refractivity contribution >= 4 is 7.52 Å². The Morgan fingerprint density at radius 2 is 2.00 bits per heavy atom. The molecule has 3 nitrogen and oxygen atoms in total. The number of allylic oxidation sites excluding steroid dienone is 2. The first kappa shape index (κ1) is 17.0. The molecule has 0 saturated carbocycles. The summed E-state index contributed by atoms with van der Waals surface area (Å²) in [6.45, 7) is 6.39. The van der Waals surface area contributed by atoms with Gasteiger partial charge >= 0.3 is 0 Å². The van der Waals surface area contributed by atoms with Gasteiger partial charge in [-0.25, -0.2) is 4.67 Å². The van der Waals surface area contributed by atoms with E-state index < -0.39 is 7.52 Å². The van der Waals surface area contributed by atoms with Crippen LogP contribution in [0.5, 0.6) is 0 Å². The summed E-state index contributed by atoms with van der Waals surface area (Å²) in [6.07, 6.45) is 7.44. The van der Waals surface area contributed by atoms with Crippen LogP contribution in [0.15, 0.2) is 42.0 Å². The summed E-state index contributed by atoms with van der Waals surface area (Å²) in [5.74, 6) is 0. The van der Waals surface area contributed by atoms with E-state index in [1.807, 2.05) is 18.2 Å². The van der Waals surface area contributed by atoms with Crippen LogP contribution in [0.4, 0.5) is 0 Å². The van der Waals surface area contributed by atoms with E-state index in [0.29, 0.717) is 6.16 Å². The minimum absolute atomic E-state index is 0.103. The number of hydrogen-bond acceptors (Lipinski definition) is 2. The van der Waals surface area contributed by atoms with E-state index in [2.05, 4.69) is 43.7 Å². The fourth-order valence-corrected chi connectivity index (χ4v) is 7.14. The van der Waals surface area contributed by atoms with E-state index in [4.69, 9.17) is 4.52 Å². The van der Waals surface area contributed by atoms with Gasteiger partial charge in [0.1, 0.15) is 6.10 Å². The van der Waals surface area contributed by atoms with Gasteiger partial charge in [-0.3, -0.25) is 4.57 Å². The van der Waals surface area contributed by atoms with Gasteiger partial charge in [-0.1, -0.05) is 42.0 Å². The first-order chi connectivity index (χ1) is 11.0. The summed E-state index contributed by atoms with van der Waals surface area (Å²) in [4.78, 5) is 0. The Morgan fingerprint density at radius 1 is 1.26 bits per heavy atom. The van der Waals surface area contributed by atoms with E-state index in [-0.39, 0.29) is 18.2 Å². The minimum Gasteiger partial charge on any atom is -0.307 e. The molecule has 0 spiro atoms. The second kappa shape index (κ2) is 6.93. The zero-order valence-electron chi connectivity index (χ0n) is 14.4. The highest BCUT2D eigenvalue weighted by Gasteiger charge is 2.49. The zero-order valence-corrected chi connectivity index (χ0v) is 15.3. The lowest BCUT2D eigenvalue weighted by Gasteiger charge is -2.30. The SMILES string of the molecule is CC(C)N1[C@H](C)[C@@H](c2ccccc2)O[P@@]1(=O)CC1=CCCCC1. The van der Waals surface area contributed by atoms with Gasteiger partial charge in [0, 0.05) is 12.1 Å². The highest BCUT2D eigenvalue weighted by molar-refractivity contribution is 7.57. The third-order valence-corrected chi connectivity index (χ3v) is 7.82. The topological polar surface area (TPSA) is 29.5 Å². The molecule has 0 bridgehead atoms. The van der Waals surface area contributed by atoms with E-state index in [1.54, 1.807) is 0 Å². The van der Waals surface area contributed by atoms with Gasteiger partial charge in [0.15, 0.2) is 0 Å². The number of benzene rings is 1. The summed E-state index contributed by atoms with van der Waals surface area (Å²) in [5.41, 5.74) is 2.45. The summed E-state index contributed by atoms with van der Waals surface area (Å²) in [5, 5.41) is 0. The predicted octanol–water partition coefficient (Wildman–Crippen LogP) is 5.55. The lowest BCUT2D eigenvalue weighted by atomic mass is 10.0. The van der Waals surface area contributed by atoms with Crippen molar-refractivity contribution < 1.29 is 9.09 Å². The van der Waals surface area contributed by atoms with Crippen LogP contribution in [-0.4, -0.2) is 22.9 Å². The Morgan fingerprint density at radius 3 is 2.61 bits per heavy atom. The van der Waals surface area contributed by atoms with Crippen molar-refractivity contribution in [3.05, 3.63) is 47.5 Å². The van der Waals surface area contributed by atoms with Crippen molar-refractivity contribution in [2.24, 2.45) is 0 Å². The molecule has 1 fully saturated rings. The average molecular weight is 333 g/mol. The Balaban J connectivity index is 1.88. The van der Waals surface area contributed by atoms with Crippen LogP contribution in [0.3, 0.4) is 0 Å². The van der Waals surface area contributed by atoms with E-state index >= 15 is 0 Å². The molecule has 0 aromatic heterocycles. The standard InChI is InChI=1S/C19H28NO2P/c1-15(2)20-16(3)19(18-12-8-5-9-13-18)22-23(20,21)14-17-10-6-4-7-11-17/h5,8-10,12-13,15-16,19H,4,6-7,11,14H2,1-3H3/t16-,19+,23+/m1/s1. The first-order valence-corrected chi connectivity index (χ1v) is 10.6. The molecule has 1 aliphatic heterocycles. The third kappa shape index (κ3) is 3.47. The monoisotopic (exact) mass is 333 g/mol. The van der Waals surface area contributed by atoms with Crippen molar-refractivity contribution in [2.75, 3.05) is 6.16 Å². The fraction of sp³-hybridized carbons (Fsp3) is 0.579. The lowest BCUT2D eigenvalue weighted by Crippen LogP contribution is -2.33. The van der Waals surface area contributed by atoms with Crippen LogP contribution < -0.4 is 0 Å². The second-order valence-electron chi connectivity index (χ2n) is 7.05. The fourth-order valence-electron chi connectivity index (χ4n) is 3.96. The zero-order chi connectivity index (χ0) is 16.4. The second-order valence-corrected chi connectivity index (χ2v) is 9.32. The van der Waals surface area contributed by atoms with Gasteiger partial charge in [0.05, 0.1) is 6.16 Å². The molecular formula is C19H28NO2P. The molecular weight excluding hydrogens is 305 g/mol. The van der Waals surface area contributed by atoms with Crippen LogP contribution in [0.25, 0.3) is 0 Å². The molecule has 1 heterocycles. The highest BCUT2D eigenvalue weighted by atomic mass is 31.2. The van der Waals surface area contributed by atoms with Gasteiger partial charge in [0.2, 0.25) is 0 Å². The maximum absolute atomic E-state index is 13.7. The molecule has 0 N–H and O–H groups in total. The average Bonchev–Trinajstić information content (AvgIpc) is 2.80. The maximum atomic E-state index is 13.7. The van der Waals surface area contributed by atoms with Crippen molar-refractivity contribution in [2.45, 2.75) is 64.6 Å². The normalized spacial score (nSPS) is 32.3. The molecule has 1 aromatic rings. The summed E-state index contributed by atoms with van der Waals surface area (Å²) >= 11 is 0. The summed E-state index contributed by atoms with van der Waals surface area (Å²) in [6, 6.07) is 10.6. The summed E-state index contributed by atoms with van der Waals surface area (Å²) < 4.78 is 22.1. The molecule has 1 saturated heterocycles. The van der Waals surface area contributed by atoms with Crippen LogP contribution >= 0.6 is 7.52 Å². The van der Waals surface area contributed by atoms with Gasteiger partial charge in [-0.2, -0.15) is 0 Å². The summed E-state index contributed by atoms with van der Waals surface area (Å²) in [7, 11) is -2.82. The Hall–Kier alpha value is -0.890. The quantitative estimate of drug-likeness (QED) is 0.534. The molecule has 2 aliphatic rings. The number of hydrogen-bond donors (Lipinski definition) is 0. The molecule has 4 heteroatoms. The van der Waals surface area contributed by atoms with Crippen molar-refractivity contribution in [3.63, 3.8) is 0 Å². The molecule has 1 aliphatic carbocycles. The molecule has 1 aromatic carbocycles. The van der Waals surface area contributed by atoms with E-state index in [0.717, 1.165) is 18.4 Å². The van der Waals surface area contributed by atoms with Crippen molar-refractivity contribution in [1.82, 2.24) is 4.67 Å². The Labute approximate surface area is 140 Å². The van der Waals surface area contributed by atoms with Gasteiger partial charge in [-0.05, 0) is 52.0 Å². The van der Waals surface area contributed by atoms with Crippen molar-refractivity contribution in [3.8, 4) is 0 Å². The van der Waals surface area contributed by atoms with E-state index in [1.165, 1.54) is 18.4 Å². The van der Waals surface area contributed by atoms with Crippen LogP contribution in [0, 0.1) is 0 Å². The van der Waals surface area contributed by atoms with Gasteiger partial charge in [-0.15, -0.1) is 0 Å². The lowest BCUT2D eigenvalue weighted by molar-refractivity contribution is 0.197. The maximum Gasteiger partial charge on any atom is 0.277 e. The molecule has 3 atom stereocenters. The molecule has 23 heavy (non-hydrogen) atoms. The van der Waals surface area contributed by atoms with Crippen LogP contribution in [0.2, 0.25) is 0 Å². The third-order valence-electron chi connectivity index (χ3n) is 4.93. The first-order valence-electron chi connectivity index (χ1n) is 8.80. The number of nitrogens with zero attached hydrogens (tertiary/aromatic N) is 1. The molecule has 0 radical (unpaired) electrons. The van der Waals surface area contributed by atoms with Crippen LogP contribution in [0.1, 0.15) is 58.1 Å². The molecule has 126 valence electrons. The Bertz CT molecular complexity index is 611. The van der Waals surface area contributed by atoms with Crippen LogP contribution in [-0.2, 0) is 9.09 Å². The molecule has 0 amide bonds. The predicted molar refractivity (Wildman–Crippen MR) is 95.7 cm³/mol. The molecule has 3 rings (SSSR count). The van der Waals surface area contributed by atoms with Crippen molar-refractivity contribution in [1.29, 1.82) is 0 Å². The smallest absolute Gasteiger partial charge is 0.277 e. The van der Waals surface area contributed by atoms with Gasteiger partial charge in [0.25, 0.3) is 7.52 Å². The highest BCUT2D eigenvalue weighted by Crippen LogP contribution is 2.64. The van der Waals surface area contributed by atoms with E-state index in [9.17, 15) is 4.57 Å². The largest absolute Gasteiger partial charge is 0.307 e. The minimum atomic E-state index is -2.82. The Kier molecular flexibility index (Phi) is 5.10. The van der Waals surface area contributed by atoms with Gasteiger partial charge < -0.3 is 4.52 Å².